The molecule has 26 heavy (non-hydrogen) atoms. The van der Waals surface area contributed by atoms with Crippen molar-refractivity contribution in [2.75, 3.05) is 5.32 Å². The number of nitrogens with one attached hydrogen (secondary N) is 2. The number of carbonyl (C=O) groups excluding carboxylic acids is 1. The lowest BCUT2D eigenvalue weighted by molar-refractivity contribution is -0.704. The largest absolute Gasteiger partial charge is 0.442 e. The van der Waals surface area contributed by atoms with E-state index in [0.717, 1.165) is 23.0 Å². The van der Waals surface area contributed by atoms with Gasteiger partial charge in [-0.15, -0.1) is 0 Å². The number of amides is 1. The molecule has 1 amide bonds. The molecule has 0 radical (unpaired) electrons. The minimum atomic E-state index is -0.574. The van der Waals surface area contributed by atoms with Gasteiger partial charge in [0.1, 0.15) is 5.82 Å². The fourth-order valence-electron chi connectivity index (χ4n) is 2.23. The van der Waals surface area contributed by atoms with Crippen molar-refractivity contribution >= 4 is 23.4 Å². The molecule has 3 rings (SSSR count). The average molecular weight is 374 g/mol. The maximum atomic E-state index is 12.9. The van der Waals surface area contributed by atoms with Gasteiger partial charge in [0.2, 0.25) is 11.6 Å². The molecule has 0 aliphatic carbocycles. The number of halogens is 1. The molecule has 2 N–H and O–H groups in total. The molecule has 0 saturated heterocycles. The van der Waals surface area contributed by atoms with Crippen LogP contribution in [0.4, 0.5) is 10.1 Å². The summed E-state index contributed by atoms with van der Waals surface area (Å²) in [7, 11) is 0. The topological polar surface area (TPSA) is 79.0 Å². The first-order valence-corrected chi connectivity index (χ1v) is 8.75. The molecule has 0 saturated carbocycles. The molecule has 0 bridgehead atoms. The lowest BCUT2D eigenvalue weighted by Gasteiger charge is -2.09. The van der Waals surface area contributed by atoms with E-state index in [1.807, 2.05) is 31.2 Å². The predicted molar refractivity (Wildman–Crippen MR) is 95.9 cm³/mol. The van der Waals surface area contributed by atoms with E-state index in [4.69, 9.17) is 4.52 Å². The minimum absolute atomic E-state index is 0.260. The fourth-order valence-corrected chi connectivity index (χ4v) is 3.11. The average Bonchev–Trinajstić information content (AvgIpc) is 2.98. The van der Waals surface area contributed by atoms with Crippen LogP contribution in [0.15, 0.2) is 62.9 Å². The van der Waals surface area contributed by atoms with Gasteiger partial charge in [-0.1, -0.05) is 17.7 Å². The monoisotopic (exact) mass is 374 g/mol. The number of hydrogen-bond donors (Lipinski definition) is 2. The van der Waals surface area contributed by atoms with E-state index in [-0.39, 0.29) is 16.8 Å². The molecule has 134 valence electrons. The second-order valence-corrected chi connectivity index (χ2v) is 7.04. The van der Waals surface area contributed by atoms with Crippen LogP contribution in [0.3, 0.4) is 0 Å². The van der Waals surface area contributed by atoms with E-state index in [0.29, 0.717) is 5.69 Å². The van der Waals surface area contributed by atoms with Gasteiger partial charge in [0.15, 0.2) is 0 Å². The Bertz CT molecular complexity index is 965. The van der Waals surface area contributed by atoms with Gasteiger partial charge in [-0.2, -0.15) is 0 Å². The zero-order valence-electron chi connectivity index (χ0n) is 14.2. The van der Waals surface area contributed by atoms with Gasteiger partial charge in [0, 0.05) is 17.8 Å². The van der Waals surface area contributed by atoms with Crippen LogP contribution in [-0.4, -0.2) is 16.4 Å². The highest BCUT2D eigenvalue weighted by atomic mass is 32.2. The Morgan fingerprint density at radius 2 is 1.85 bits per heavy atom. The summed E-state index contributed by atoms with van der Waals surface area (Å²) in [6, 6.07) is 13.0. The number of anilines is 1. The third kappa shape index (κ3) is 4.02. The quantitative estimate of drug-likeness (QED) is 0.532. The van der Waals surface area contributed by atoms with Crippen LogP contribution in [0.5, 0.6) is 0 Å². The van der Waals surface area contributed by atoms with E-state index in [9.17, 15) is 14.0 Å². The number of hydrogen-bond acceptors (Lipinski definition) is 4. The number of thioether (sulfide) groups is 1. The number of benzene rings is 2. The Hall–Kier alpha value is -2.87. The van der Waals surface area contributed by atoms with Crippen molar-refractivity contribution < 1.29 is 18.4 Å². The van der Waals surface area contributed by atoms with Crippen LogP contribution in [0.1, 0.15) is 12.5 Å². The van der Waals surface area contributed by atoms with Crippen molar-refractivity contribution in [3.63, 3.8) is 0 Å². The summed E-state index contributed by atoms with van der Waals surface area (Å²) in [5.74, 6) is -0.688. The number of aromatic amines is 1. The van der Waals surface area contributed by atoms with Crippen molar-refractivity contribution in [3.8, 4) is 5.69 Å². The van der Waals surface area contributed by atoms with Crippen LogP contribution in [0.2, 0.25) is 0 Å². The molecule has 0 fully saturated rings. The summed E-state index contributed by atoms with van der Waals surface area (Å²) in [4.78, 5) is 24.4. The van der Waals surface area contributed by atoms with Crippen LogP contribution in [0.25, 0.3) is 5.69 Å². The smallest absolute Gasteiger partial charge is 0.325 e. The molecule has 0 aliphatic rings. The summed E-state index contributed by atoms with van der Waals surface area (Å²) in [5, 5.41) is 4.92. The predicted octanol–water partition coefficient (Wildman–Crippen LogP) is 2.81. The van der Waals surface area contributed by atoms with E-state index in [1.165, 1.54) is 28.9 Å². The zero-order chi connectivity index (χ0) is 18.7. The zero-order valence-corrected chi connectivity index (χ0v) is 15.0. The molecule has 3 aromatic rings. The second kappa shape index (κ2) is 7.57. The van der Waals surface area contributed by atoms with Crippen LogP contribution in [-0.2, 0) is 4.79 Å². The lowest BCUT2D eigenvalue weighted by atomic mass is 10.2. The molecular formula is C18H17FN3O3S+. The number of rotatable bonds is 5. The fraction of sp³-hybridized carbons (Fsp3) is 0.167. The molecule has 1 unspecified atom stereocenters. The highest BCUT2D eigenvalue weighted by Gasteiger charge is 2.29. The molecule has 1 heterocycles. The van der Waals surface area contributed by atoms with Crippen molar-refractivity contribution in [2.24, 2.45) is 0 Å². The van der Waals surface area contributed by atoms with Gasteiger partial charge in [-0.25, -0.2) is 9.18 Å². The number of aromatic nitrogens is 2. The Morgan fingerprint density at radius 1 is 1.19 bits per heavy atom. The first kappa shape index (κ1) is 17.9. The van der Waals surface area contributed by atoms with Gasteiger partial charge in [0.05, 0.1) is 5.25 Å². The van der Waals surface area contributed by atoms with E-state index >= 15 is 0 Å². The number of H-pyrrole nitrogens is 1. The first-order chi connectivity index (χ1) is 12.4. The molecule has 0 spiro atoms. The van der Waals surface area contributed by atoms with Crippen molar-refractivity contribution in [1.82, 2.24) is 5.27 Å². The number of nitrogens with zero attached hydrogens (tertiary/aromatic N) is 1. The molecule has 1 atom stereocenters. The van der Waals surface area contributed by atoms with Gasteiger partial charge in [-0.05, 0) is 59.8 Å². The standard InChI is InChI=1S/C18H16FN3O3S/c1-11-3-9-15(10-4-11)22-17(18(24)25-21-22)26-12(2)16(23)20-14-7-5-13(19)6-8-14/h3-10,12H,1-2H3,(H-,20,21,23,24)/p+1. The normalized spacial score (nSPS) is 12.0. The van der Waals surface area contributed by atoms with Gasteiger partial charge in [-0.3, -0.25) is 9.32 Å². The Labute approximate surface area is 153 Å². The van der Waals surface area contributed by atoms with Crippen molar-refractivity contribution in [2.45, 2.75) is 24.1 Å². The summed E-state index contributed by atoms with van der Waals surface area (Å²) in [5.41, 5.74) is 1.73. The van der Waals surface area contributed by atoms with Crippen molar-refractivity contribution in [1.29, 1.82) is 0 Å². The van der Waals surface area contributed by atoms with Crippen LogP contribution < -0.4 is 15.6 Å². The Balaban J connectivity index is 1.76. The van der Waals surface area contributed by atoms with Crippen molar-refractivity contribution in [3.05, 3.63) is 70.3 Å². The Kier molecular flexibility index (Phi) is 5.22. The first-order valence-electron chi connectivity index (χ1n) is 7.87. The third-order valence-electron chi connectivity index (χ3n) is 3.67. The maximum absolute atomic E-state index is 12.9. The highest BCUT2D eigenvalue weighted by Crippen LogP contribution is 2.20. The van der Waals surface area contributed by atoms with Gasteiger partial charge >= 0.3 is 10.7 Å². The lowest BCUT2D eigenvalue weighted by Crippen LogP contribution is -2.37. The van der Waals surface area contributed by atoms with E-state index < -0.39 is 10.9 Å². The molecular weight excluding hydrogens is 357 g/mol. The number of carbonyl (C=O) groups is 1. The summed E-state index contributed by atoms with van der Waals surface area (Å²) in [6.45, 7) is 3.64. The SMILES string of the molecule is Cc1ccc(-[n+]2[nH]oc(=O)c2SC(C)C(=O)Nc2ccc(F)cc2)cc1. The van der Waals surface area contributed by atoms with Crippen LogP contribution >= 0.6 is 11.8 Å². The minimum Gasteiger partial charge on any atom is -0.325 e. The third-order valence-corrected chi connectivity index (χ3v) is 4.81. The summed E-state index contributed by atoms with van der Waals surface area (Å²) >= 11 is 1.07. The summed E-state index contributed by atoms with van der Waals surface area (Å²) < 4.78 is 19.3. The Morgan fingerprint density at radius 3 is 2.50 bits per heavy atom. The van der Waals surface area contributed by atoms with Gasteiger partial charge < -0.3 is 5.32 Å². The maximum Gasteiger partial charge on any atom is 0.442 e. The molecule has 0 aliphatic heterocycles. The molecule has 8 heteroatoms. The molecule has 2 aromatic carbocycles. The van der Waals surface area contributed by atoms with E-state index in [2.05, 4.69) is 10.6 Å². The molecule has 1 aromatic heterocycles. The summed E-state index contributed by atoms with van der Waals surface area (Å²) in [6.07, 6.45) is 0. The van der Waals surface area contributed by atoms with E-state index in [1.54, 1.807) is 6.92 Å². The second-order valence-electron chi connectivity index (χ2n) is 5.71. The molecule has 6 nitrogen and oxygen atoms in total. The van der Waals surface area contributed by atoms with Crippen LogP contribution in [0, 0.1) is 12.7 Å². The number of aryl methyl sites for hydroxylation is 1. The van der Waals surface area contributed by atoms with Gasteiger partial charge in [0.25, 0.3) is 0 Å². The highest BCUT2D eigenvalue weighted by molar-refractivity contribution is 8.00.